The summed E-state index contributed by atoms with van der Waals surface area (Å²) in [6.07, 6.45) is 3.17. The van der Waals surface area contributed by atoms with Gasteiger partial charge in [-0.05, 0) is 36.2 Å². The highest BCUT2D eigenvalue weighted by Crippen LogP contribution is 2.42. The number of nitrogens with two attached hydrogens (primary N) is 1. The van der Waals surface area contributed by atoms with Crippen molar-refractivity contribution in [3.05, 3.63) is 20.8 Å². The highest BCUT2D eigenvalue weighted by atomic mass is 32.1. The van der Waals surface area contributed by atoms with E-state index in [9.17, 15) is 4.79 Å². The summed E-state index contributed by atoms with van der Waals surface area (Å²) in [6.45, 7) is 6.89. The maximum Gasteiger partial charge on any atom is 0.263 e. The molecule has 0 spiro atoms. The molecular formula is C15H22N4OS. The molecule has 0 saturated carbocycles. The van der Waals surface area contributed by atoms with Gasteiger partial charge in [0.1, 0.15) is 4.83 Å². The summed E-state index contributed by atoms with van der Waals surface area (Å²) in [7, 11) is 1.70. The minimum absolute atomic E-state index is 0.000316. The summed E-state index contributed by atoms with van der Waals surface area (Å²) in [4.78, 5) is 19.2. The predicted molar refractivity (Wildman–Crippen MR) is 87.6 cm³/mol. The largest absolute Gasteiger partial charge is 0.294 e. The second kappa shape index (κ2) is 4.81. The number of nitrogens with zero attached hydrogens (tertiary/aromatic N) is 2. The molecule has 0 amide bonds. The topological polar surface area (TPSA) is 72.9 Å². The molecule has 0 radical (unpaired) electrons. The molecule has 114 valence electrons. The monoisotopic (exact) mass is 306 g/mol. The van der Waals surface area contributed by atoms with Crippen LogP contribution in [0.3, 0.4) is 0 Å². The maximum absolute atomic E-state index is 12.6. The summed E-state index contributed by atoms with van der Waals surface area (Å²) < 4.78 is 1.49. The highest BCUT2D eigenvalue weighted by Gasteiger charge is 2.31. The van der Waals surface area contributed by atoms with Gasteiger partial charge in [0.05, 0.1) is 5.39 Å². The van der Waals surface area contributed by atoms with Crippen LogP contribution in [0.15, 0.2) is 4.79 Å². The third-order valence-electron chi connectivity index (χ3n) is 4.64. The molecule has 1 aliphatic rings. The molecule has 6 heteroatoms. The molecule has 3 N–H and O–H groups in total. The van der Waals surface area contributed by atoms with E-state index >= 15 is 0 Å². The zero-order valence-corrected chi connectivity index (χ0v) is 13.8. The third-order valence-corrected chi connectivity index (χ3v) is 5.79. The highest BCUT2D eigenvalue weighted by molar-refractivity contribution is 7.18. The van der Waals surface area contributed by atoms with Gasteiger partial charge >= 0.3 is 0 Å². The molecule has 0 unspecified atom stereocenters. The molecule has 0 bridgehead atoms. The number of nitrogen functional groups attached to an aromatic ring is 1. The summed E-state index contributed by atoms with van der Waals surface area (Å²) in [5.74, 6) is 6.52. The molecule has 1 atom stereocenters. The molecule has 2 heterocycles. The molecular weight excluding hydrogens is 284 g/mol. The Labute approximate surface area is 128 Å². The zero-order chi connectivity index (χ0) is 15.4. The number of aromatic nitrogens is 2. The van der Waals surface area contributed by atoms with Crippen LogP contribution in [0.5, 0.6) is 0 Å². The van der Waals surface area contributed by atoms with Crippen molar-refractivity contribution in [3.8, 4) is 0 Å². The van der Waals surface area contributed by atoms with Gasteiger partial charge in [-0.15, -0.1) is 11.3 Å². The van der Waals surface area contributed by atoms with Crippen LogP contribution < -0.4 is 16.8 Å². The van der Waals surface area contributed by atoms with E-state index in [1.54, 1.807) is 18.4 Å². The first-order valence-corrected chi connectivity index (χ1v) is 8.12. The Morgan fingerprint density at radius 2 is 2.14 bits per heavy atom. The molecule has 0 aromatic carbocycles. The fourth-order valence-electron chi connectivity index (χ4n) is 3.17. The van der Waals surface area contributed by atoms with Crippen LogP contribution in [-0.4, -0.2) is 9.55 Å². The lowest BCUT2D eigenvalue weighted by atomic mass is 9.72. The SMILES string of the molecule is Cn1c(NN)nc2sc3c(c2c1=O)CC[C@@H](C(C)(C)C)C3. The summed E-state index contributed by atoms with van der Waals surface area (Å²) >= 11 is 1.65. The van der Waals surface area contributed by atoms with Crippen molar-refractivity contribution in [2.75, 3.05) is 5.43 Å². The van der Waals surface area contributed by atoms with E-state index < -0.39 is 0 Å². The van der Waals surface area contributed by atoms with Crippen molar-refractivity contribution in [2.45, 2.75) is 40.0 Å². The molecule has 1 aliphatic carbocycles. The number of hydrogen-bond donors (Lipinski definition) is 2. The van der Waals surface area contributed by atoms with Crippen molar-refractivity contribution < 1.29 is 0 Å². The van der Waals surface area contributed by atoms with Crippen LogP contribution >= 0.6 is 11.3 Å². The first-order chi connectivity index (χ1) is 9.82. The number of nitrogens with one attached hydrogen (secondary N) is 1. The molecule has 2 aromatic rings. The molecule has 3 rings (SSSR count). The Morgan fingerprint density at radius 3 is 2.76 bits per heavy atom. The van der Waals surface area contributed by atoms with Gasteiger partial charge in [-0.2, -0.15) is 0 Å². The average Bonchev–Trinajstić information content (AvgIpc) is 2.79. The van der Waals surface area contributed by atoms with E-state index in [2.05, 4.69) is 31.2 Å². The second-order valence-corrected chi connectivity index (χ2v) is 8.02. The lowest BCUT2D eigenvalue weighted by molar-refractivity contribution is 0.218. The van der Waals surface area contributed by atoms with E-state index in [-0.39, 0.29) is 5.56 Å². The lowest BCUT2D eigenvalue weighted by Gasteiger charge is -2.33. The van der Waals surface area contributed by atoms with Gasteiger partial charge in [0.15, 0.2) is 0 Å². The van der Waals surface area contributed by atoms with Gasteiger partial charge in [0, 0.05) is 11.9 Å². The first-order valence-electron chi connectivity index (χ1n) is 7.30. The number of hydrogen-bond acceptors (Lipinski definition) is 5. The fraction of sp³-hybridized carbons (Fsp3) is 0.600. The van der Waals surface area contributed by atoms with Crippen molar-refractivity contribution in [3.63, 3.8) is 0 Å². The molecule has 0 aliphatic heterocycles. The number of rotatable bonds is 1. The Kier molecular flexibility index (Phi) is 3.33. The second-order valence-electron chi connectivity index (χ2n) is 6.93. The van der Waals surface area contributed by atoms with Crippen molar-refractivity contribution in [1.29, 1.82) is 0 Å². The van der Waals surface area contributed by atoms with Crippen LogP contribution in [0.25, 0.3) is 10.2 Å². The molecule has 0 fully saturated rings. The van der Waals surface area contributed by atoms with Crippen LogP contribution in [0.2, 0.25) is 0 Å². The number of aryl methyl sites for hydroxylation is 1. The lowest BCUT2D eigenvalue weighted by Crippen LogP contribution is -2.27. The normalized spacial score (nSPS) is 18.8. The van der Waals surface area contributed by atoms with Gasteiger partial charge in [-0.25, -0.2) is 10.8 Å². The fourth-order valence-corrected chi connectivity index (χ4v) is 4.46. The van der Waals surface area contributed by atoms with E-state index in [0.717, 1.165) is 29.5 Å². The van der Waals surface area contributed by atoms with Crippen LogP contribution in [-0.2, 0) is 19.9 Å². The number of hydrazine groups is 1. The van der Waals surface area contributed by atoms with E-state index in [1.807, 2.05) is 0 Å². The molecule has 2 aromatic heterocycles. The number of thiophene rings is 1. The van der Waals surface area contributed by atoms with Gasteiger partial charge in [-0.3, -0.25) is 14.8 Å². The first kappa shape index (κ1) is 14.5. The average molecular weight is 306 g/mol. The van der Waals surface area contributed by atoms with E-state index in [0.29, 0.717) is 17.3 Å². The Morgan fingerprint density at radius 1 is 1.43 bits per heavy atom. The molecule has 0 saturated heterocycles. The smallest absolute Gasteiger partial charge is 0.263 e. The van der Waals surface area contributed by atoms with Gasteiger partial charge < -0.3 is 0 Å². The van der Waals surface area contributed by atoms with Crippen molar-refractivity contribution in [2.24, 2.45) is 24.2 Å². The summed E-state index contributed by atoms with van der Waals surface area (Å²) in [6, 6.07) is 0. The van der Waals surface area contributed by atoms with Crippen LogP contribution in [0.1, 0.15) is 37.6 Å². The van der Waals surface area contributed by atoms with Crippen LogP contribution in [0.4, 0.5) is 5.95 Å². The third kappa shape index (κ3) is 2.26. The standard InChI is InChI=1S/C15H22N4OS/c1-15(2,3)8-5-6-9-10(7-8)21-12-11(9)13(20)19(4)14(17-12)18-16/h8H,5-7,16H2,1-4H3,(H,17,18)/t8-/m1/s1. The summed E-state index contributed by atoms with van der Waals surface area (Å²) in [5, 5.41) is 0.795. The summed E-state index contributed by atoms with van der Waals surface area (Å²) in [5.41, 5.74) is 4.02. The van der Waals surface area contributed by atoms with Crippen molar-refractivity contribution >= 4 is 27.5 Å². The minimum Gasteiger partial charge on any atom is -0.294 e. The van der Waals surface area contributed by atoms with Gasteiger partial charge in [-0.1, -0.05) is 20.8 Å². The number of fused-ring (bicyclic) bond motifs is 3. The Hall–Kier alpha value is -1.40. The van der Waals surface area contributed by atoms with Gasteiger partial charge in [0.2, 0.25) is 5.95 Å². The van der Waals surface area contributed by atoms with E-state index in [4.69, 9.17) is 5.84 Å². The predicted octanol–water partition coefficient (Wildman–Crippen LogP) is 2.43. The van der Waals surface area contributed by atoms with Crippen LogP contribution in [0, 0.1) is 11.3 Å². The molecule has 5 nitrogen and oxygen atoms in total. The minimum atomic E-state index is -0.000316. The quantitative estimate of drug-likeness (QED) is 0.627. The maximum atomic E-state index is 12.6. The Bertz CT molecular complexity index is 754. The Balaban J connectivity index is 2.16. The van der Waals surface area contributed by atoms with E-state index in [1.165, 1.54) is 15.0 Å². The number of anilines is 1. The van der Waals surface area contributed by atoms with Crippen molar-refractivity contribution in [1.82, 2.24) is 9.55 Å². The van der Waals surface area contributed by atoms with Gasteiger partial charge in [0.25, 0.3) is 5.56 Å². The zero-order valence-electron chi connectivity index (χ0n) is 13.0. The molecule has 21 heavy (non-hydrogen) atoms.